The van der Waals surface area contributed by atoms with Gasteiger partial charge in [0, 0.05) is 12.2 Å². The predicted molar refractivity (Wildman–Crippen MR) is 64.9 cm³/mol. The van der Waals surface area contributed by atoms with E-state index in [9.17, 15) is 4.79 Å². The average Bonchev–Trinajstić information content (AvgIpc) is 2.83. The van der Waals surface area contributed by atoms with E-state index in [-0.39, 0.29) is 11.7 Å². The highest BCUT2D eigenvalue weighted by Gasteiger charge is 2.18. The molecule has 0 saturated carbocycles. The minimum Gasteiger partial charge on any atom is -0.306 e. The van der Waals surface area contributed by atoms with Gasteiger partial charge in [0.15, 0.2) is 0 Å². The van der Waals surface area contributed by atoms with Crippen molar-refractivity contribution in [1.29, 1.82) is 0 Å². The number of H-pyrrole nitrogens is 1. The highest BCUT2D eigenvalue weighted by molar-refractivity contribution is 6.03. The van der Waals surface area contributed by atoms with E-state index in [1.165, 1.54) is 6.33 Å². The zero-order valence-electron chi connectivity index (χ0n) is 9.84. The predicted octanol–water partition coefficient (Wildman–Crippen LogP) is 1.78. The van der Waals surface area contributed by atoms with Crippen LogP contribution < -0.4 is 4.90 Å². The Morgan fingerprint density at radius 3 is 2.88 bits per heavy atom. The number of aromatic nitrogens is 3. The number of aromatic amines is 1. The number of nitrogens with one attached hydrogen (secondary N) is 1. The van der Waals surface area contributed by atoms with Gasteiger partial charge in [-0.2, -0.15) is 5.10 Å². The lowest BCUT2D eigenvalue weighted by atomic mass is 10.2. The Hall–Kier alpha value is -2.17. The van der Waals surface area contributed by atoms with Gasteiger partial charge >= 0.3 is 0 Å². The van der Waals surface area contributed by atoms with Crippen LogP contribution in [0.15, 0.2) is 30.6 Å². The average molecular weight is 230 g/mol. The molecule has 0 aliphatic carbocycles. The van der Waals surface area contributed by atoms with Crippen LogP contribution in [-0.4, -0.2) is 27.6 Å². The topological polar surface area (TPSA) is 61.9 Å². The summed E-state index contributed by atoms with van der Waals surface area (Å²) < 4.78 is 0. The summed E-state index contributed by atoms with van der Waals surface area (Å²) in [6, 6.07) is 7.81. The van der Waals surface area contributed by atoms with Crippen molar-refractivity contribution in [2.75, 3.05) is 11.4 Å². The first-order valence-corrected chi connectivity index (χ1v) is 5.46. The van der Waals surface area contributed by atoms with Crippen LogP contribution in [0.4, 0.5) is 5.69 Å². The van der Waals surface area contributed by atoms with Crippen molar-refractivity contribution in [2.24, 2.45) is 0 Å². The maximum Gasteiger partial charge on any atom is 0.295 e. The number of carbonyl (C=O) groups excluding carboxylic acids is 1. The van der Waals surface area contributed by atoms with Gasteiger partial charge in [-0.3, -0.25) is 9.89 Å². The lowest BCUT2D eigenvalue weighted by molar-refractivity contribution is 0.0979. The normalized spacial score (nSPS) is 10.2. The molecule has 5 heteroatoms. The van der Waals surface area contributed by atoms with E-state index in [2.05, 4.69) is 15.2 Å². The largest absolute Gasteiger partial charge is 0.306 e. The number of carbonyl (C=O) groups is 1. The first kappa shape index (κ1) is 11.3. The number of anilines is 1. The molecule has 1 heterocycles. The SMILES string of the molecule is CCN(C(=O)c1ncn[nH]1)c1cccc(C)c1. The second-order valence-electron chi connectivity index (χ2n) is 3.72. The number of nitrogens with zero attached hydrogens (tertiary/aromatic N) is 3. The van der Waals surface area contributed by atoms with Gasteiger partial charge < -0.3 is 4.90 Å². The van der Waals surface area contributed by atoms with Crippen molar-refractivity contribution >= 4 is 11.6 Å². The highest BCUT2D eigenvalue weighted by atomic mass is 16.2. The molecule has 5 nitrogen and oxygen atoms in total. The van der Waals surface area contributed by atoms with E-state index in [4.69, 9.17) is 0 Å². The molecule has 0 fully saturated rings. The molecule has 0 bridgehead atoms. The summed E-state index contributed by atoms with van der Waals surface area (Å²) in [5.74, 6) is 0.0870. The zero-order chi connectivity index (χ0) is 12.3. The Balaban J connectivity index is 2.31. The molecule has 2 rings (SSSR count). The van der Waals surface area contributed by atoms with Crippen molar-refractivity contribution < 1.29 is 4.79 Å². The molecule has 1 N–H and O–H groups in total. The minimum absolute atomic E-state index is 0.171. The fourth-order valence-electron chi connectivity index (χ4n) is 1.68. The molecule has 1 aromatic heterocycles. The molecule has 0 aliphatic heterocycles. The molecule has 0 radical (unpaired) electrons. The second kappa shape index (κ2) is 4.78. The molecule has 0 aliphatic rings. The van der Waals surface area contributed by atoms with Crippen LogP contribution >= 0.6 is 0 Å². The monoisotopic (exact) mass is 230 g/mol. The molecule has 0 atom stereocenters. The standard InChI is InChI=1S/C12H14N4O/c1-3-16(10-6-4-5-9(2)7-10)12(17)11-13-8-14-15-11/h4-8H,3H2,1-2H3,(H,13,14,15). The second-order valence-corrected chi connectivity index (χ2v) is 3.72. The lowest BCUT2D eigenvalue weighted by Gasteiger charge is -2.19. The van der Waals surface area contributed by atoms with Gasteiger partial charge in [0.25, 0.3) is 5.91 Å². The van der Waals surface area contributed by atoms with Gasteiger partial charge in [-0.1, -0.05) is 12.1 Å². The van der Waals surface area contributed by atoms with Crippen LogP contribution in [0.1, 0.15) is 23.1 Å². The number of aryl methyl sites for hydroxylation is 1. The minimum atomic E-state index is -0.171. The molecule has 0 saturated heterocycles. The van der Waals surface area contributed by atoms with Gasteiger partial charge in [-0.05, 0) is 31.5 Å². The third kappa shape index (κ3) is 2.33. The molecule has 0 unspecified atom stereocenters. The van der Waals surface area contributed by atoms with Crippen molar-refractivity contribution in [2.45, 2.75) is 13.8 Å². The molecule has 88 valence electrons. The number of hydrogen-bond donors (Lipinski definition) is 1. The van der Waals surface area contributed by atoms with E-state index in [1.54, 1.807) is 4.90 Å². The Kier molecular flexibility index (Phi) is 3.18. The van der Waals surface area contributed by atoms with E-state index >= 15 is 0 Å². The van der Waals surface area contributed by atoms with Crippen LogP contribution in [0.25, 0.3) is 0 Å². The summed E-state index contributed by atoms with van der Waals surface area (Å²) in [5.41, 5.74) is 1.99. The summed E-state index contributed by atoms with van der Waals surface area (Å²) >= 11 is 0. The van der Waals surface area contributed by atoms with Crippen molar-refractivity contribution in [3.63, 3.8) is 0 Å². The molecule has 1 aromatic carbocycles. The Labute approximate surface area is 99.5 Å². The number of benzene rings is 1. The fourth-order valence-corrected chi connectivity index (χ4v) is 1.68. The smallest absolute Gasteiger partial charge is 0.295 e. The quantitative estimate of drug-likeness (QED) is 0.874. The van der Waals surface area contributed by atoms with Crippen molar-refractivity contribution in [3.8, 4) is 0 Å². The van der Waals surface area contributed by atoms with E-state index in [0.29, 0.717) is 6.54 Å². The maximum atomic E-state index is 12.1. The van der Waals surface area contributed by atoms with Crippen molar-refractivity contribution in [1.82, 2.24) is 15.2 Å². The van der Waals surface area contributed by atoms with Crippen LogP contribution in [0, 0.1) is 6.92 Å². The summed E-state index contributed by atoms with van der Waals surface area (Å²) in [6.45, 7) is 4.51. The van der Waals surface area contributed by atoms with Gasteiger partial charge in [-0.15, -0.1) is 0 Å². The molecule has 2 aromatic rings. The van der Waals surface area contributed by atoms with Crippen LogP contribution in [0.5, 0.6) is 0 Å². The summed E-state index contributed by atoms with van der Waals surface area (Å²) in [6.07, 6.45) is 1.33. The number of amides is 1. The third-order valence-corrected chi connectivity index (χ3v) is 2.49. The Morgan fingerprint density at radius 2 is 2.29 bits per heavy atom. The summed E-state index contributed by atoms with van der Waals surface area (Å²) in [7, 11) is 0. The van der Waals surface area contributed by atoms with Gasteiger partial charge in [0.1, 0.15) is 6.33 Å². The van der Waals surface area contributed by atoms with E-state index in [1.807, 2.05) is 38.1 Å². The summed E-state index contributed by atoms with van der Waals surface area (Å²) in [4.78, 5) is 17.7. The maximum absolute atomic E-state index is 12.1. The summed E-state index contributed by atoms with van der Waals surface area (Å²) in [5, 5.41) is 6.27. The molecule has 17 heavy (non-hydrogen) atoms. The van der Waals surface area contributed by atoms with Crippen molar-refractivity contribution in [3.05, 3.63) is 42.0 Å². The first-order valence-electron chi connectivity index (χ1n) is 5.46. The lowest BCUT2D eigenvalue weighted by Crippen LogP contribution is -2.31. The number of hydrogen-bond acceptors (Lipinski definition) is 3. The zero-order valence-corrected chi connectivity index (χ0v) is 9.84. The Bertz CT molecular complexity index is 507. The number of rotatable bonds is 3. The van der Waals surface area contributed by atoms with E-state index < -0.39 is 0 Å². The third-order valence-electron chi connectivity index (χ3n) is 2.49. The molecule has 1 amide bonds. The highest BCUT2D eigenvalue weighted by Crippen LogP contribution is 2.17. The van der Waals surface area contributed by atoms with E-state index in [0.717, 1.165) is 11.3 Å². The van der Waals surface area contributed by atoms with Crippen LogP contribution in [-0.2, 0) is 0 Å². The van der Waals surface area contributed by atoms with Gasteiger partial charge in [0.05, 0.1) is 0 Å². The van der Waals surface area contributed by atoms with Crippen LogP contribution in [0.2, 0.25) is 0 Å². The first-order chi connectivity index (χ1) is 8.22. The molecular formula is C12H14N4O. The fraction of sp³-hybridized carbons (Fsp3) is 0.250. The Morgan fingerprint density at radius 1 is 1.47 bits per heavy atom. The van der Waals surface area contributed by atoms with Gasteiger partial charge in [0.2, 0.25) is 5.82 Å². The molecular weight excluding hydrogens is 216 g/mol. The van der Waals surface area contributed by atoms with Crippen LogP contribution in [0.3, 0.4) is 0 Å². The molecule has 0 spiro atoms. The van der Waals surface area contributed by atoms with Gasteiger partial charge in [-0.25, -0.2) is 4.98 Å².